The van der Waals surface area contributed by atoms with E-state index in [9.17, 15) is 28.0 Å². The summed E-state index contributed by atoms with van der Waals surface area (Å²) in [5.74, 6) is -5.24. The standard InChI is InChI=1S/C19H27F2N3O3.C4H6O6/c1-19(2,3)27-11-16-18(26)23-6-7-24(16)17(25)10-14(22)9-12-8-13(20)4-5-15(12)21;5-1(3(7)8)2(6)4(9)10/h4-5,8,14,16H,6-7,9-11,22H2,1-3H3,(H,23,26);1-2,5-6H,(H,7,8)(H,9,10)/t14-,16-;1-,2-/m11/s1. The SMILES string of the molecule is CC(C)(C)OC[C@@H]1C(=O)NCCN1C(=O)C[C@H](N)Cc1cc(F)ccc1F.O=C(O)[C@H](O)[C@@H](O)C(=O)O. The van der Waals surface area contributed by atoms with Crippen molar-refractivity contribution < 1.29 is 53.1 Å². The monoisotopic (exact) mass is 533 g/mol. The molecule has 37 heavy (non-hydrogen) atoms. The molecule has 2 amide bonds. The van der Waals surface area contributed by atoms with E-state index in [1.165, 1.54) is 4.90 Å². The highest BCUT2D eigenvalue weighted by molar-refractivity contribution is 5.89. The molecule has 1 aliphatic heterocycles. The Morgan fingerprint density at radius 2 is 1.73 bits per heavy atom. The van der Waals surface area contributed by atoms with Gasteiger partial charge in [-0.2, -0.15) is 0 Å². The molecule has 1 fully saturated rings. The smallest absolute Gasteiger partial charge is 0.335 e. The van der Waals surface area contributed by atoms with E-state index in [0.717, 1.165) is 18.2 Å². The first-order valence-corrected chi connectivity index (χ1v) is 11.3. The largest absolute Gasteiger partial charge is 0.479 e. The second-order valence-corrected chi connectivity index (χ2v) is 9.29. The first-order chi connectivity index (χ1) is 17.0. The number of halogens is 2. The molecule has 1 heterocycles. The number of aliphatic hydroxyl groups excluding tert-OH is 2. The number of aliphatic hydroxyl groups is 2. The quantitative estimate of drug-likeness (QED) is 0.234. The third-order valence-electron chi connectivity index (χ3n) is 5.06. The van der Waals surface area contributed by atoms with E-state index in [1.807, 2.05) is 20.8 Å². The molecule has 1 saturated heterocycles. The van der Waals surface area contributed by atoms with Gasteiger partial charge >= 0.3 is 11.9 Å². The fourth-order valence-electron chi connectivity index (χ4n) is 3.17. The number of aliphatic carboxylic acids is 2. The first kappa shape index (κ1) is 31.8. The highest BCUT2D eigenvalue weighted by Gasteiger charge is 2.34. The fourth-order valence-corrected chi connectivity index (χ4v) is 3.17. The number of ether oxygens (including phenoxy) is 1. The Hall–Kier alpha value is -3.20. The average Bonchev–Trinajstić information content (AvgIpc) is 2.79. The van der Waals surface area contributed by atoms with Crippen LogP contribution in [0.2, 0.25) is 0 Å². The number of carboxylic acids is 2. The van der Waals surface area contributed by atoms with Crippen LogP contribution in [0.3, 0.4) is 0 Å². The summed E-state index contributed by atoms with van der Waals surface area (Å²) in [6, 6.07) is 1.72. The molecule has 1 aromatic rings. The van der Waals surface area contributed by atoms with Crippen molar-refractivity contribution in [3.63, 3.8) is 0 Å². The second-order valence-electron chi connectivity index (χ2n) is 9.29. The van der Waals surface area contributed by atoms with Crippen LogP contribution in [-0.2, 0) is 30.3 Å². The molecule has 0 radical (unpaired) electrons. The number of hydrogen-bond donors (Lipinski definition) is 6. The molecule has 208 valence electrons. The van der Waals surface area contributed by atoms with Gasteiger partial charge in [-0.15, -0.1) is 0 Å². The fraction of sp³-hybridized carbons (Fsp3) is 0.565. The van der Waals surface area contributed by atoms with Crippen LogP contribution in [0.15, 0.2) is 18.2 Å². The molecule has 4 atom stereocenters. The van der Waals surface area contributed by atoms with Gasteiger partial charge in [0.1, 0.15) is 17.7 Å². The summed E-state index contributed by atoms with van der Waals surface area (Å²) in [7, 11) is 0. The minimum absolute atomic E-state index is 0.0263. The third-order valence-corrected chi connectivity index (χ3v) is 5.06. The maximum absolute atomic E-state index is 13.8. The number of nitrogens with one attached hydrogen (secondary N) is 1. The third kappa shape index (κ3) is 10.8. The van der Waals surface area contributed by atoms with Crippen molar-refractivity contribution in [3.05, 3.63) is 35.4 Å². The number of nitrogens with zero attached hydrogens (tertiary/aromatic N) is 1. The lowest BCUT2D eigenvalue weighted by Crippen LogP contribution is -2.60. The Balaban J connectivity index is 0.000000580. The number of amides is 2. The van der Waals surface area contributed by atoms with Crippen LogP contribution >= 0.6 is 0 Å². The zero-order valence-corrected chi connectivity index (χ0v) is 20.7. The van der Waals surface area contributed by atoms with E-state index in [1.54, 1.807) is 0 Å². The minimum Gasteiger partial charge on any atom is -0.479 e. The zero-order valence-electron chi connectivity index (χ0n) is 20.7. The average molecular weight is 534 g/mol. The summed E-state index contributed by atoms with van der Waals surface area (Å²) in [5.41, 5.74) is 5.66. The van der Waals surface area contributed by atoms with Gasteiger partial charge in [0.15, 0.2) is 12.2 Å². The van der Waals surface area contributed by atoms with Crippen molar-refractivity contribution >= 4 is 23.8 Å². The highest BCUT2D eigenvalue weighted by Crippen LogP contribution is 2.16. The van der Waals surface area contributed by atoms with E-state index < -0.39 is 53.5 Å². The van der Waals surface area contributed by atoms with Crippen LogP contribution in [0.25, 0.3) is 0 Å². The summed E-state index contributed by atoms with van der Waals surface area (Å²) < 4.78 is 32.7. The molecule has 7 N–H and O–H groups in total. The molecule has 1 aliphatic rings. The Morgan fingerprint density at radius 3 is 2.24 bits per heavy atom. The maximum Gasteiger partial charge on any atom is 0.335 e. The van der Waals surface area contributed by atoms with Crippen molar-refractivity contribution in [2.75, 3.05) is 19.7 Å². The lowest BCUT2D eigenvalue weighted by atomic mass is 10.0. The second kappa shape index (κ2) is 13.9. The zero-order chi connectivity index (χ0) is 28.5. The number of nitrogens with two attached hydrogens (primary N) is 1. The molecule has 0 bridgehead atoms. The van der Waals surface area contributed by atoms with Crippen molar-refractivity contribution in [1.82, 2.24) is 10.2 Å². The maximum atomic E-state index is 13.8. The number of carbonyl (C=O) groups is 4. The Morgan fingerprint density at radius 1 is 1.16 bits per heavy atom. The van der Waals surface area contributed by atoms with Crippen LogP contribution < -0.4 is 11.1 Å². The molecule has 2 rings (SSSR count). The Bertz CT molecular complexity index is 953. The summed E-state index contributed by atoms with van der Waals surface area (Å²) >= 11 is 0. The Labute approximate surface area is 212 Å². The van der Waals surface area contributed by atoms with Crippen LogP contribution in [0.4, 0.5) is 8.78 Å². The number of rotatable bonds is 9. The van der Waals surface area contributed by atoms with Crippen LogP contribution in [0.1, 0.15) is 32.8 Å². The topological polar surface area (TPSA) is 200 Å². The summed E-state index contributed by atoms with van der Waals surface area (Å²) in [6.07, 6.45) is -4.58. The lowest BCUT2D eigenvalue weighted by molar-refractivity contribution is -0.165. The van der Waals surface area contributed by atoms with Crippen molar-refractivity contribution in [1.29, 1.82) is 0 Å². The van der Waals surface area contributed by atoms with E-state index in [0.29, 0.717) is 13.1 Å². The van der Waals surface area contributed by atoms with Crippen molar-refractivity contribution in [2.45, 2.75) is 63.5 Å². The molecule has 14 heteroatoms. The van der Waals surface area contributed by atoms with E-state index in [-0.39, 0.29) is 36.8 Å². The number of piperazine rings is 1. The molecule has 12 nitrogen and oxygen atoms in total. The number of hydrogen-bond acceptors (Lipinski definition) is 8. The predicted octanol–water partition coefficient (Wildman–Crippen LogP) is -0.756. The van der Waals surface area contributed by atoms with Crippen LogP contribution in [-0.4, -0.2) is 98.7 Å². The van der Waals surface area contributed by atoms with Crippen molar-refractivity contribution in [3.8, 4) is 0 Å². The molecule has 0 unspecified atom stereocenters. The van der Waals surface area contributed by atoms with Gasteiger partial charge < -0.3 is 41.1 Å². The van der Waals surface area contributed by atoms with E-state index in [4.69, 9.17) is 30.9 Å². The minimum atomic E-state index is -2.27. The summed E-state index contributed by atoms with van der Waals surface area (Å²) in [4.78, 5) is 45.8. The first-order valence-electron chi connectivity index (χ1n) is 11.3. The van der Waals surface area contributed by atoms with Gasteiger partial charge in [-0.05, 0) is 51.0 Å². The number of carboxylic acid groups (broad SMARTS) is 2. The van der Waals surface area contributed by atoms with Gasteiger partial charge in [0.05, 0.1) is 12.2 Å². The number of benzene rings is 1. The van der Waals surface area contributed by atoms with Crippen LogP contribution in [0, 0.1) is 11.6 Å². The van der Waals surface area contributed by atoms with Gasteiger partial charge in [-0.3, -0.25) is 9.59 Å². The van der Waals surface area contributed by atoms with Crippen molar-refractivity contribution in [2.24, 2.45) is 5.73 Å². The molecule has 0 spiro atoms. The van der Waals surface area contributed by atoms with Gasteiger partial charge in [-0.1, -0.05) is 0 Å². The molecule has 1 aromatic carbocycles. The van der Waals surface area contributed by atoms with Gasteiger partial charge in [0.25, 0.3) is 0 Å². The normalized spacial score (nSPS) is 18.1. The van der Waals surface area contributed by atoms with Gasteiger partial charge in [0, 0.05) is 25.6 Å². The summed E-state index contributed by atoms with van der Waals surface area (Å²) in [6.45, 7) is 6.37. The van der Waals surface area contributed by atoms with E-state index >= 15 is 0 Å². The molecular formula is C23H33F2N3O9. The lowest BCUT2D eigenvalue weighted by Gasteiger charge is -2.36. The molecular weight excluding hydrogens is 500 g/mol. The Kier molecular flexibility index (Phi) is 12.0. The van der Waals surface area contributed by atoms with Crippen LogP contribution in [0.5, 0.6) is 0 Å². The van der Waals surface area contributed by atoms with Gasteiger partial charge in [-0.25, -0.2) is 18.4 Å². The molecule has 0 aromatic heterocycles. The summed E-state index contributed by atoms with van der Waals surface area (Å²) in [5, 5.41) is 35.3. The number of carbonyl (C=O) groups excluding carboxylic acids is 2. The van der Waals surface area contributed by atoms with Gasteiger partial charge in [0.2, 0.25) is 11.8 Å². The predicted molar refractivity (Wildman–Crippen MR) is 124 cm³/mol. The van der Waals surface area contributed by atoms with E-state index in [2.05, 4.69) is 5.32 Å². The molecule has 0 saturated carbocycles. The molecule has 0 aliphatic carbocycles. The highest BCUT2D eigenvalue weighted by atomic mass is 19.1.